The van der Waals surface area contributed by atoms with Crippen LogP contribution in [0.15, 0.2) is 17.4 Å². The predicted molar refractivity (Wildman–Crippen MR) is 89.3 cm³/mol. The zero-order chi connectivity index (χ0) is 14.5. The molecule has 0 atom stereocenters. The van der Waals surface area contributed by atoms with Crippen molar-refractivity contribution >= 4 is 11.8 Å². The highest BCUT2D eigenvalue weighted by atomic mass is 32.2. The third-order valence-electron chi connectivity index (χ3n) is 3.57. The van der Waals surface area contributed by atoms with Crippen LogP contribution in [0.1, 0.15) is 76.8 Å². The van der Waals surface area contributed by atoms with Gasteiger partial charge in [-0.25, -0.2) is 4.98 Å². The van der Waals surface area contributed by atoms with Gasteiger partial charge in [0.05, 0.1) is 5.69 Å². The van der Waals surface area contributed by atoms with Crippen LogP contribution in [-0.2, 0) is 0 Å². The van der Waals surface area contributed by atoms with Gasteiger partial charge in [0.2, 0.25) is 0 Å². The molecule has 0 radical (unpaired) electrons. The van der Waals surface area contributed by atoms with E-state index in [2.05, 4.69) is 16.9 Å². The average molecular weight is 295 g/mol. The minimum Gasteiger partial charge on any atom is -0.257 e. The number of aromatic nitrogens is 2. The molecule has 20 heavy (non-hydrogen) atoms. The Morgan fingerprint density at radius 1 is 0.800 bits per heavy atom. The second-order valence-corrected chi connectivity index (χ2v) is 6.56. The molecule has 0 aromatic carbocycles. The average Bonchev–Trinajstić information content (AvgIpc) is 2.46. The van der Waals surface area contributed by atoms with Gasteiger partial charge in [-0.1, -0.05) is 64.7 Å². The Labute approximate surface area is 129 Å². The molecule has 1 aromatic rings. The molecule has 0 saturated carbocycles. The van der Waals surface area contributed by atoms with E-state index in [1.807, 2.05) is 18.7 Å². The van der Waals surface area contributed by atoms with Crippen LogP contribution in [0.5, 0.6) is 0 Å². The van der Waals surface area contributed by atoms with Gasteiger partial charge in [-0.05, 0) is 19.1 Å². The molecule has 0 saturated heterocycles. The van der Waals surface area contributed by atoms with Crippen LogP contribution in [-0.4, -0.2) is 15.7 Å². The molecule has 0 aliphatic rings. The van der Waals surface area contributed by atoms with Gasteiger partial charge in [-0.2, -0.15) is 0 Å². The molecule has 2 nitrogen and oxygen atoms in total. The Morgan fingerprint density at radius 2 is 1.35 bits per heavy atom. The first-order valence-corrected chi connectivity index (χ1v) is 9.23. The monoisotopic (exact) mass is 294 g/mol. The first-order chi connectivity index (χ1) is 9.84. The van der Waals surface area contributed by atoms with E-state index in [0.717, 1.165) is 10.7 Å². The van der Waals surface area contributed by atoms with E-state index in [4.69, 9.17) is 0 Å². The second-order valence-electron chi connectivity index (χ2n) is 5.48. The standard InChI is InChI=1S/C17H30N2S/c1-3-4-5-6-7-8-9-10-11-12-15-20-17-16(2)18-13-14-19-17/h13-14H,3-12,15H2,1-2H3. The van der Waals surface area contributed by atoms with Crippen molar-refractivity contribution in [2.75, 3.05) is 5.75 Å². The van der Waals surface area contributed by atoms with Gasteiger partial charge >= 0.3 is 0 Å². The highest BCUT2D eigenvalue weighted by Crippen LogP contribution is 2.19. The highest BCUT2D eigenvalue weighted by molar-refractivity contribution is 7.99. The fourth-order valence-corrected chi connectivity index (χ4v) is 3.23. The number of aryl methyl sites for hydroxylation is 1. The predicted octanol–water partition coefficient (Wildman–Crippen LogP) is 5.80. The van der Waals surface area contributed by atoms with E-state index in [9.17, 15) is 0 Å². The lowest BCUT2D eigenvalue weighted by atomic mass is 10.1. The molecule has 0 spiro atoms. The molecule has 0 fully saturated rings. The summed E-state index contributed by atoms with van der Waals surface area (Å²) in [7, 11) is 0. The summed E-state index contributed by atoms with van der Waals surface area (Å²) in [6.45, 7) is 4.31. The molecule has 0 amide bonds. The third-order valence-corrected chi connectivity index (χ3v) is 4.74. The van der Waals surface area contributed by atoms with E-state index in [0.29, 0.717) is 0 Å². The number of thioether (sulfide) groups is 1. The smallest absolute Gasteiger partial charge is 0.117 e. The van der Waals surface area contributed by atoms with Crippen LogP contribution in [0.25, 0.3) is 0 Å². The van der Waals surface area contributed by atoms with Gasteiger partial charge in [-0.3, -0.25) is 4.98 Å². The van der Waals surface area contributed by atoms with Crippen molar-refractivity contribution in [1.29, 1.82) is 0 Å². The van der Waals surface area contributed by atoms with Gasteiger partial charge in [0.25, 0.3) is 0 Å². The van der Waals surface area contributed by atoms with Crippen molar-refractivity contribution in [3.05, 3.63) is 18.1 Å². The summed E-state index contributed by atoms with van der Waals surface area (Å²) in [4.78, 5) is 8.63. The topological polar surface area (TPSA) is 25.8 Å². The van der Waals surface area contributed by atoms with Crippen LogP contribution in [0.3, 0.4) is 0 Å². The molecule has 0 aliphatic heterocycles. The van der Waals surface area contributed by atoms with Gasteiger partial charge < -0.3 is 0 Å². The molecule has 0 unspecified atom stereocenters. The molecular formula is C17H30N2S. The fourth-order valence-electron chi connectivity index (χ4n) is 2.29. The second kappa shape index (κ2) is 12.2. The molecule has 3 heteroatoms. The van der Waals surface area contributed by atoms with Crippen LogP contribution < -0.4 is 0 Å². The SMILES string of the molecule is CCCCCCCCCCCCSc1nccnc1C. The molecule has 1 heterocycles. The van der Waals surface area contributed by atoms with Gasteiger partial charge in [0.1, 0.15) is 5.03 Å². The van der Waals surface area contributed by atoms with Crippen molar-refractivity contribution in [3.63, 3.8) is 0 Å². The Kier molecular flexibility index (Phi) is 10.7. The Bertz CT molecular complexity index is 342. The van der Waals surface area contributed by atoms with E-state index >= 15 is 0 Å². The maximum Gasteiger partial charge on any atom is 0.117 e. The van der Waals surface area contributed by atoms with E-state index in [-0.39, 0.29) is 0 Å². The summed E-state index contributed by atoms with van der Waals surface area (Å²) in [6, 6.07) is 0. The van der Waals surface area contributed by atoms with Crippen molar-refractivity contribution in [1.82, 2.24) is 9.97 Å². The van der Waals surface area contributed by atoms with Gasteiger partial charge in [0, 0.05) is 12.4 Å². The normalized spacial score (nSPS) is 10.9. The van der Waals surface area contributed by atoms with Crippen LogP contribution in [0.2, 0.25) is 0 Å². The van der Waals surface area contributed by atoms with E-state index in [1.165, 1.54) is 70.0 Å². The van der Waals surface area contributed by atoms with Gasteiger partial charge in [0.15, 0.2) is 0 Å². The first kappa shape index (κ1) is 17.5. The minimum absolute atomic E-state index is 1.06. The lowest BCUT2D eigenvalue weighted by Crippen LogP contribution is -1.90. The molecule has 0 aliphatic carbocycles. The number of unbranched alkanes of at least 4 members (excludes halogenated alkanes) is 9. The van der Waals surface area contributed by atoms with E-state index < -0.39 is 0 Å². The highest BCUT2D eigenvalue weighted by Gasteiger charge is 2.00. The molecular weight excluding hydrogens is 264 g/mol. The molecule has 114 valence electrons. The lowest BCUT2D eigenvalue weighted by molar-refractivity contribution is 0.563. The summed E-state index contributed by atoms with van der Waals surface area (Å²) in [5, 5.41) is 1.10. The zero-order valence-electron chi connectivity index (χ0n) is 13.2. The van der Waals surface area contributed by atoms with E-state index in [1.54, 1.807) is 12.4 Å². The number of hydrogen-bond donors (Lipinski definition) is 0. The Balaban J connectivity index is 1.87. The van der Waals surface area contributed by atoms with Crippen LogP contribution in [0.4, 0.5) is 0 Å². The van der Waals surface area contributed by atoms with Crippen molar-refractivity contribution in [3.8, 4) is 0 Å². The number of hydrogen-bond acceptors (Lipinski definition) is 3. The lowest BCUT2D eigenvalue weighted by Gasteiger charge is -2.04. The number of rotatable bonds is 12. The van der Waals surface area contributed by atoms with Crippen molar-refractivity contribution in [2.24, 2.45) is 0 Å². The fraction of sp³-hybridized carbons (Fsp3) is 0.765. The van der Waals surface area contributed by atoms with Crippen LogP contribution in [0, 0.1) is 6.92 Å². The summed E-state index contributed by atoms with van der Waals surface area (Å²) < 4.78 is 0. The van der Waals surface area contributed by atoms with Crippen molar-refractivity contribution in [2.45, 2.75) is 83.1 Å². The van der Waals surface area contributed by atoms with Gasteiger partial charge in [-0.15, -0.1) is 11.8 Å². The Morgan fingerprint density at radius 3 is 1.95 bits per heavy atom. The quantitative estimate of drug-likeness (QED) is 0.360. The molecule has 0 bridgehead atoms. The molecule has 1 aromatic heterocycles. The maximum atomic E-state index is 4.36. The Hall–Kier alpha value is -0.570. The molecule has 0 N–H and O–H groups in total. The largest absolute Gasteiger partial charge is 0.257 e. The van der Waals surface area contributed by atoms with Crippen molar-refractivity contribution < 1.29 is 0 Å². The zero-order valence-corrected chi connectivity index (χ0v) is 14.1. The first-order valence-electron chi connectivity index (χ1n) is 8.25. The summed E-state index contributed by atoms with van der Waals surface area (Å²) in [5.74, 6) is 1.18. The maximum absolute atomic E-state index is 4.36. The summed E-state index contributed by atoms with van der Waals surface area (Å²) >= 11 is 1.85. The van der Waals surface area contributed by atoms with Crippen LogP contribution >= 0.6 is 11.8 Å². The summed E-state index contributed by atoms with van der Waals surface area (Å²) in [6.07, 6.45) is 17.5. The number of nitrogens with zero attached hydrogens (tertiary/aromatic N) is 2. The third kappa shape index (κ3) is 8.57. The minimum atomic E-state index is 1.06. The molecule has 1 rings (SSSR count). The summed E-state index contributed by atoms with van der Waals surface area (Å²) in [5.41, 5.74) is 1.06.